The number of aliphatic imine (C=N–C) groups is 1. The van der Waals surface area contributed by atoms with Crippen LogP contribution in [0.1, 0.15) is 25.7 Å². The molecule has 2 amide bonds. The molecule has 0 saturated heterocycles. The van der Waals surface area contributed by atoms with Crippen LogP contribution in [0.2, 0.25) is 0 Å². The zero-order valence-electron chi connectivity index (χ0n) is 23.4. The van der Waals surface area contributed by atoms with E-state index in [1.807, 2.05) is 25.1 Å². The average molecular weight is 628 g/mol. The number of guanidine groups is 1. The van der Waals surface area contributed by atoms with Crippen molar-refractivity contribution in [3.05, 3.63) is 36.4 Å². The molecule has 0 unspecified atom stereocenters. The maximum atomic E-state index is 13.4. The number of benzene rings is 2. The number of fused-ring (bicyclic) bond motifs is 1. The highest BCUT2D eigenvalue weighted by Crippen LogP contribution is 2.30. The first-order valence-corrected chi connectivity index (χ1v) is 15.1. The van der Waals surface area contributed by atoms with E-state index in [4.69, 9.17) is 28.2 Å². The van der Waals surface area contributed by atoms with Gasteiger partial charge in [-0.05, 0) is 31.4 Å². The number of alkyl halides is 1. The highest BCUT2D eigenvalue weighted by atomic mass is 35.5. The van der Waals surface area contributed by atoms with E-state index in [9.17, 15) is 27.9 Å². The highest BCUT2D eigenvalue weighted by molar-refractivity contribution is 7.89. The van der Waals surface area contributed by atoms with Gasteiger partial charge in [0.1, 0.15) is 6.04 Å². The van der Waals surface area contributed by atoms with Crippen LogP contribution in [0.25, 0.3) is 10.8 Å². The van der Waals surface area contributed by atoms with Gasteiger partial charge in [0.15, 0.2) is 5.96 Å². The Morgan fingerprint density at radius 2 is 1.74 bits per heavy atom. The van der Waals surface area contributed by atoms with E-state index in [1.54, 1.807) is 24.3 Å². The molecule has 2 rings (SSSR count). The highest BCUT2D eigenvalue weighted by Gasteiger charge is 2.28. The van der Waals surface area contributed by atoms with Crippen LogP contribution >= 0.6 is 11.6 Å². The lowest BCUT2D eigenvalue weighted by atomic mass is 10.1. The summed E-state index contributed by atoms with van der Waals surface area (Å²) >= 11 is 5.74. The standard InChI is InChI=1S/C26H38ClN7O7S/c1-34(2)20-9-3-7-17-16(20)6-4-10-22(17)42(40,41)33-19(11-12-24(37)38)25(39)31-15-23(36)32-18(21(35)14-27)8-5-13-30-26(28)29/h3-4,6-7,9-10,18-19,21,33,35H,5,8,11-15H2,1-2H3,(H,31,39)(H,32,36)(H,37,38)(H4,28,29,30)/t18-,19-,21+/m0/s1. The quantitative estimate of drug-likeness (QED) is 0.0522. The largest absolute Gasteiger partial charge is 0.481 e. The Kier molecular flexibility index (Phi) is 13.2. The first-order chi connectivity index (χ1) is 19.8. The number of aliphatic carboxylic acids is 1. The van der Waals surface area contributed by atoms with Crippen molar-refractivity contribution in [1.82, 2.24) is 15.4 Å². The number of sulfonamides is 1. The van der Waals surface area contributed by atoms with Crippen LogP contribution in [-0.2, 0) is 24.4 Å². The SMILES string of the molecule is CN(C)c1cccc2c(S(=O)(=O)N[C@@H](CCC(=O)O)C(=O)NCC(=O)N[C@@H](CCCN=C(N)N)[C@H](O)CCl)cccc12. The van der Waals surface area contributed by atoms with Crippen LogP contribution in [0.15, 0.2) is 46.3 Å². The van der Waals surface area contributed by atoms with Crippen molar-refractivity contribution in [3.63, 3.8) is 0 Å². The lowest BCUT2D eigenvalue weighted by Gasteiger charge is -2.23. The van der Waals surface area contributed by atoms with Gasteiger partial charge < -0.3 is 37.2 Å². The average Bonchev–Trinajstić information content (AvgIpc) is 2.93. The minimum absolute atomic E-state index is 0.0896. The van der Waals surface area contributed by atoms with Gasteiger partial charge in [0.2, 0.25) is 21.8 Å². The smallest absolute Gasteiger partial charge is 0.303 e. The van der Waals surface area contributed by atoms with Crippen LogP contribution in [-0.4, -0.2) is 93.6 Å². The summed E-state index contributed by atoms with van der Waals surface area (Å²) in [4.78, 5) is 42.4. The third kappa shape index (κ3) is 10.3. The molecule has 0 aliphatic heterocycles. The van der Waals surface area contributed by atoms with Crippen molar-refractivity contribution in [2.24, 2.45) is 16.5 Å². The van der Waals surface area contributed by atoms with Gasteiger partial charge in [-0.15, -0.1) is 11.6 Å². The summed E-state index contributed by atoms with van der Waals surface area (Å²) in [6.45, 7) is -0.303. The molecule has 2 aromatic carbocycles. The number of rotatable bonds is 17. The zero-order valence-corrected chi connectivity index (χ0v) is 25.0. The molecule has 0 radical (unpaired) electrons. The van der Waals surface area contributed by atoms with E-state index in [0.717, 1.165) is 5.69 Å². The van der Waals surface area contributed by atoms with Gasteiger partial charge in [0, 0.05) is 43.5 Å². The monoisotopic (exact) mass is 627 g/mol. The summed E-state index contributed by atoms with van der Waals surface area (Å²) in [7, 11) is -0.669. The molecule has 2 aromatic rings. The molecule has 0 bridgehead atoms. The Morgan fingerprint density at radius 1 is 1.07 bits per heavy atom. The van der Waals surface area contributed by atoms with Crippen LogP contribution in [0.5, 0.6) is 0 Å². The molecule has 0 heterocycles. The second-order valence-corrected chi connectivity index (χ2v) is 11.7. The second-order valence-electron chi connectivity index (χ2n) is 9.69. The first-order valence-electron chi connectivity index (χ1n) is 13.1. The Morgan fingerprint density at radius 3 is 2.36 bits per heavy atom. The van der Waals surface area contributed by atoms with Gasteiger partial charge in [0.25, 0.3) is 0 Å². The van der Waals surface area contributed by atoms with Gasteiger partial charge in [-0.1, -0.05) is 24.3 Å². The van der Waals surface area contributed by atoms with E-state index < -0.39 is 59.0 Å². The summed E-state index contributed by atoms with van der Waals surface area (Å²) in [6, 6.07) is 7.65. The maximum absolute atomic E-state index is 13.4. The Bertz CT molecular complexity index is 1380. The molecule has 0 aliphatic carbocycles. The maximum Gasteiger partial charge on any atom is 0.303 e. The molecule has 3 atom stereocenters. The fourth-order valence-electron chi connectivity index (χ4n) is 4.19. The number of nitrogens with two attached hydrogens (primary N) is 2. The first kappa shape index (κ1) is 34.5. The number of aliphatic hydroxyl groups excluding tert-OH is 1. The Balaban J connectivity index is 2.18. The lowest BCUT2D eigenvalue weighted by molar-refractivity contribution is -0.137. The van der Waals surface area contributed by atoms with Crippen LogP contribution in [0.3, 0.4) is 0 Å². The van der Waals surface area contributed by atoms with Crippen molar-refractivity contribution < 1.29 is 33.0 Å². The number of carbonyl (C=O) groups excluding carboxylic acids is 2. The minimum atomic E-state index is -4.31. The van der Waals surface area contributed by atoms with Gasteiger partial charge in [0.05, 0.1) is 29.5 Å². The molecular weight excluding hydrogens is 590 g/mol. The van der Waals surface area contributed by atoms with Crippen LogP contribution in [0.4, 0.5) is 5.69 Å². The summed E-state index contributed by atoms with van der Waals surface area (Å²) in [5, 5.41) is 25.3. The van der Waals surface area contributed by atoms with Gasteiger partial charge in [-0.2, -0.15) is 4.72 Å². The number of hydrogen-bond donors (Lipinski definition) is 7. The Hall–Kier alpha value is -3.66. The number of carboxylic acids is 1. The number of nitrogens with one attached hydrogen (secondary N) is 3. The molecule has 16 heteroatoms. The summed E-state index contributed by atoms with van der Waals surface area (Å²) in [6.07, 6.45) is -1.26. The van der Waals surface area contributed by atoms with E-state index >= 15 is 0 Å². The fourth-order valence-corrected chi connectivity index (χ4v) is 5.85. The Labute approximate surface area is 249 Å². The molecule has 0 spiro atoms. The molecule has 14 nitrogen and oxygen atoms in total. The van der Waals surface area contributed by atoms with Crippen molar-refractivity contribution in [2.45, 2.75) is 48.8 Å². The summed E-state index contributed by atoms with van der Waals surface area (Å²) < 4.78 is 29.2. The number of carbonyl (C=O) groups is 3. The van der Waals surface area contributed by atoms with Gasteiger partial charge in [-0.25, -0.2) is 8.42 Å². The van der Waals surface area contributed by atoms with Crippen LogP contribution in [0, 0.1) is 0 Å². The number of halogens is 1. The van der Waals surface area contributed by atoms with Crippen molar-refractivity contribution in [1.29, 1.82) is 0 Å². The lowest BCUT2D eigenvalue weighted by Crippen LogP contribution is -2.51. The fraction of sp³-hybridized carbons (Fsp3) is 0.462. The van der Waals surface area contributed by atoms with E-state index in [0.29, 0.717) is 17.2 Å². The number of amides is 2. The predicted octanol–water partition coefficient (Wildman–Crippen LogP) is -0.328. The second kappa shape index (κ2) is 16.1. The summed E-state index contributed by atoms with van der Waals surface area (Å²) in [5.41, 5.74) is 11.4. The number of nitrogens with zero attached hydrogens (tertiary/aromatic N) is 2. The topological polar surface area (TPSA) is 230 Å². The number of anilines is 1. The molecule has 0 saturated carbocycles. The van der Waals surface area contributed by atoms with Gasteiger partial charge in [-0.3, -0.25) is 19.4 Å². The van der Waals surface area contributed by atoms with Gasteiger partial charge >= 0.3 is 5.97 Å². The van der Waals surface area contributed by atoms with Crippen molar-refractivity contribution in [2.75, 3.05) is 38.0 Å². The molecule has 0 fully saturated rings. The number of carboxylic acid groups (broad SMARTS) is 1. The summed E-state index contributed by atoms with van der Waals surface area (Å²) in [5.74, 6) is -3.06. The third-order valence-corrected chi connectivity index (χ3v) is 8.10. The molecule has 42 heavy (non-hydrogen) atoms. The normalized spacial score (nSPS) is 13.5. The molecule has 232 valence electrons. The third-order valence-electron chi connectivity index (χ3n) is 6.25. The minimum Gasteiger partial charge on any atom is -0.481 e. The predicted molar refractivity (Wildman–Crippen MR) is 161 cm³/mol. The van der Waals surface area contributed by atoms with Crippen LogP contribution < -0.4 is 31.7 Å². The molecule has 0 aliphatic rings. The van der Waals surface area contributed by atoms with Crippen molar-refractivity contribution in [3.8, 4) is 0 Å². The molecular formula is C26H38ClN7O7S. The molecule has 0 aromatic heterocycles. The van der Waals surface area contributed by atoms with Crippen molar-refractivity contribution >= 4 is 61.8 Å². The van der Waals surface area contributed by atoms with E-state index in [1.165, 1.54) is 6.07 Å². The zero-order chi connectivity index (χ0) is 31.4. The molecule has 9 N–H and O–H groups in total. The van der Waals surface area contributed by atoms with E-state index in [2.05, 4.69) is 20.3 Å². The number of aliphatic hydroxyl groups is 1. The number of hydrogen-bond acceptors (Lipinski definition) is 8. The van der Waals surface area contributed by atoms with E-state index in [-0.39, 0.29) is 36.1 Å².